The zero-order chi connectivity index (χ0) is 23.4. The molecule has 2 heterocycles. The normalized spacial score (nSPS) is 15.7. The van der Waals surface area contributed by atoms with Crippen LogP contribution < -0.4 is 9.88 Å². The summed E-state index contributed by atoms with van der Waals surface area (Å²) in [6.07, 6.45) is 3.25. The number of nitrogens with two attached hydrogens (primary N) is 1. The second-order valence-electron chi connectivity index (χ2n) is 9.18. The van der Waals surface area contributed by atoms with E-state index in [4.69, 9.17) is 9.88 Å². The molecule has 0 bridgehead atoms. The van der Waals surface area contributed by atoms with Crippen LogP contribution in [0.3, 0.4) is 0 Å². The summed E-state index contributed by atoms with van der Waals surface area (Å²) in [6, 6.07) is 16.0. The van der Waals surface area contributed by atoms with Crippen molar-refractivity contribution in [1.29, 1.82) is 0 Å². The van der Waals surface area contributed by atoms with E-state index in [-0.39, 0.29) is 5.75 Å². The average Bonchev–Trinajstić information content (AvgIpc) is 2.76. The maximum absolute atomic E-state index is 11.4. The maximum atomic E-state index is 11.4. The molecule has 0 atom stereocenters. The molecule has 1 aliphatic rings. The molecular weight excluding hydrogens is 434 g/mol. The Hall–Kier alpha value is -2.48. The fraction of sp³-hybridized carbons (Fsp3) is 0.423. The number of aryl methyl sites for hydroxylation is 2. The number of piperidine rings is 1. The number of primary sulfonamides is 1. The molecule has 6 nitrogen and oxygen atoms in total. The van der Waals surface area contributed by atoms with E-state index in [1.165, 1.54) is 11.1 Å². The maximum Gasteiger partial charge on any atom is 0.213 e. The number of rotatable bonds is 8. The second-order valence-corrected chi connectivity index (χ2v) is 10.8. The molecular formula is C26H33N3O3S. The lowest BCUT2D eigenvalue weighted by atomic mass is 9.88. The summed E-state index contributed by atoms with van der Waals surface area (Å²) >= 11 is 0. The summed E-state index contributed by atoms with van der Waals surface area (Å²) in [7, 11) is -3.51. The minimum Gasteiger partial charge on any atom is -0.492 e. The molecule has 7 heteroatoms. The zero-order valence-corrected chi connectivity index (χ0v) is 20.3. The fourth-order valence-corrected chi connectivity index (χ4v) is 5.28. The van der Waals surface area contributed by atoms with Gasteiger partial charge >= 0.3 is 0 Å². The van der Waals surface area contributed by atoms with Gasteiger partial charge in [0.1, 0.15) is 12.4 Å². The predicted octanol–water partition coefficient (Wildman–Crippen LogP) is 3.97. The van der Waals surface area contributed by atoms with Crippen LogP contribution in [0.15, 0.2) is 48.5 Å². The van der Waals surface area contributed by atoms with Crippen molar-refractivity contribution in [2.45, 2.75) is 38.9 Å². The van der Waals surface area contributed by atoms with E-state index >= 15 is 0 Å². The molecule has 2 aromatic carbocycles. The quantitative estimate of drug-likeness (QED) is 0.542. The predicted molar refractivity (Wildman–Crippen MR) is 133 cm³/mol. The molecule has 0 unspecified atom stereocenters. The minimum absolute atomic E-state index is 0.106. The minimum atomic E-state index is -3.51. The summed E-state index contributed by atoms with van der Waals surface area (Å²) in [5.41, 5.74) is 5.19. The van der Waals surface area contributed by atoms with Crippen LogP contribution in [0.25, 0.3) is 10.9 Å². The summed E-state index contributed by atoms with van der Waals surface area (Å²) in [5.74, 6) is 1.40. The lowest BCUT2D eigenvalue weighted by Crippen LogP contribution is -2.37. The third-order valence-corrected chi connectivity index (χ3v) is 7.23. The molecule has 0 amide bonds. The van der Waals surface area contributed by atoms with Gasteiger partial charge in [-0.3, -0.25) is 9.88 Å². The van der Waals surface area contributed by atoms with Crippen LogP contribution >= 0.6 is 0 Å². The first-order valence-corrected chi connectivity index (χ1v) is 13.3. The second kappa shape index (κ2) is 10.2. The van der Waals surface area contributed by atoms with Crippen LogP contribution in [-0.4, -0.2) is 44.5 Å². The SMILES string of the molecule is Cc1ccc2c(OCCN3CCC(Cc4cc(CS(N)(=O)=O)ccc4C)CC3)cccc2n1. The molecule has 0 aliphatic carbocycles. The molecule has 176 valence electrons. The van der Waals surface area contributed by atoms with E-state index in [1.54, 1.807) is 0 Å². The van der Waals surface area contributed by atoms with Gasteiger partial charge in [-0.15, -0.1) is 0 Å². The lowest BCUT2D eigenvalue weighted by molar-refractivity contribution is 0.155. The molecule has 0 saturated carbocycles. The first-order chi connectivity index (χ1) is 15.8. The smallest absolute Gasteiger partial charge is 0.213 e. The Morgan fingerprint density at radius 1 is 1.09 bits per heavy atom. The Balaban J connectivity index is 1.27. The van der Waals surface area contributed by atoms with Gasteiger partial charge in [0.25, 0.3) is 0 Å². The number of likely N-dealkylation sites (tertiary alicyclic amines) is 1. The topological polar surface area (TPSA) is 85.5 Å². The molecule has 2 N–H and O–H groups in total. The van der Waals surface area contributed by atoms with Gasteiger partial charge < -0.3 is 4.74 Å². The van der Waals surface area contributed by atoms with Crippen LogP contribution in [0, 0.1) is 19.8 Å². The number of nitrogens with zero attached hydrogens (tertiary/aromatic N) is 2. The van der Waals surface area contributed by atoms with Crippen molar-refractivity contribution in [3.63, 3.8) is 0 Å². The monoisotopic (exact) mass is 467 g/mol. The van der Waals surface area contributed by atoms with Crippen molar-refractivity contribution in [2.75, 3.05) is 26.2 Å². The molecule has 1 fully saturated rings. The van der Waals surface area contributed by atoms with Crippen LogP contribution in [-0.2, 0) is 22.2 Å². The summed E-state index contributed by atoms with van der Waals surface area (Å²) < 4.78 is 29.0. The molecule has 1 aromatic heterocycles. The number of fused-ring (bicyclic) bond motifs is 1. The van der Waals surface area contributed by atoms with Gasteiger partial charge in [0, 0.05) is 17.6 Å². The van der Waals surface area contributed by atoms with Crippen LogP contribution in [0.4, 0.5) is 0 Å². The Morgan fingerprint density at radius 2 is 1.88 bits per heavy atom. The number of hydrogen-bond donors (Lipinski definition) is 1. The number of benzene rings is 2. The number of hydrogen-bond acceptors (Lipinski definition) is 5. The third kappa shape index (κ3) is 6.53. The molecule has 0 spiro atoms. The highest BCUT2D eigenvalue weighted by Crippen LogP contribution is 2.26. The van der Waals surface area contributed by atoms with Gasteiger partial charge in [-0.1, -0.05) is 24.3 Å². The number of ether oxygens (including phenoxy) is 1. The van der Waals surface area contributed by atoms with Gasteiger partial charge in [0.05, 0.1) is 11.3 Å². The van der Waals surface area contributed by atoms with Crippen molar-refractivity contribution in [3.8, 4) is 5.75 Å². The zero-order valence-electron chi connectivity index (χ0n) is 19.5. The van der Waals surface area contributed by atoms with Gasteiger partial charge in [-0.2, -0.15) is 0 Å². The lowest BCUT2D eigenvalue weighted by Gasteiger charge is -2.32. The largest absolute Gasteiger partial charge is 0.492 e. The van der Waals surface area contributed by atoms with Crippen LogP contribution in [0.2, 0.25) is 0 Å². The van der Waals surface area contributed by atoms with Gasteiger partial charge in [0.2, 0.25) is 10.0 Å². The Morgan fingerprint density at radius 3 is 2.64 bits per heavy atom. The standard InChI is InChI=1S/C26H33N3O3S/c1-19-6-8-22(18-33(27,30)31)17-23(19)16-21-10-12-29(13-11-21)14-15-32-26-5-3-4-25-24(26)9-7-20(2)28-25/h3-9,17,21H,10-16,18H2,1-2H3,(H2,27,30,31). The van der Waals surface area contributed by atoms with E-state index in [0.717, 1.165) is 66.8 Å². The molecule has 1 saturated heterocycles. The average molecular weight is 468 g/mol. The number of pyridine rings is 1. The number of aromatic nitrogens is 1. The van der Waals surface area contributed by atoms with Gasteiger partial charge in [0.15, 0.2) is 0 Å². The van der Waals surface area contributed by atoms with E-state index < -0.39 is 10.0 Å². The van der Waals surface area contributed by atoms with E-state index in [1.807, 2.05) is 49.4 Å². The highest BCUT2D eigenvalue weighted by Gasteiger charge is 2.20. The highest BCUT2D eigenvalue weighted by atomic mass is 32.2. The summed E-state index contributed by atoms with van der Waals surface area (Å²) in [6.45, 7) is 7.77. The van der Waals surface area contributed by atoms with E-state index in [9.17, 15) is 8.42 Å². The molecule has 33 heavy (non-hydrogen) atoms. The molecule has 0 radical (unpaired) electrons. The van der Waals surface area contributed by atoms with Crippen LogP contribution in [0.5, 0.6) is 5.75 Å². The van der Waals surface area contributed by atoms with Crippen molar-refractivity contribution in [2.24, 2.45) is 11.1 Å². The van der Waals surface area contributed by atoms with E-state index in [0.29, 0.717) is 12.5 Å². The van der Waals surface area contributed by atoms with Crippen molar-refractivity contribution < 1.29 is 13.2 Å². The Labute approximate surface area is 196 Å². The van der Waals surface area contributed by atoms with Crippen LogP contribution in [0.1, 0.15) is 35.2 Å². The molecule has 3 aromatic rings. The number of sulfonamides is 1. The third-order valence-electron chi connectivity index (χ3n) is 6.49. The summed E-state index contributed by atoms with van der Waals surface area (Å²) in [4.78, 5) is 7.05. The van der Waals surface area contributed by atoms with Crippen molar-refractivity contribution in [1.82, 2.24) is 9.88 Å². The van der Waals surface area contributed by atoms with Gasteiger partial charge in [-0.25, -0.2) is 13.6 Å². The van der Waals surface area contributed by atoms with Crippen molar-refractivity contribution >= 4 is 20.9 Å². The molecule has 1 aliphatic heterocycles. The molecule has 4 rings (SSSR count). The Bertz CT molecular complexity index is 1220. The Kier molecular flexibility index (Phi) is 7.32. The fourth-order valence-electron chi connectivity index (χ4n) is 4.63. The highest BCUT2D eigenvalue weighted by molar-refractivity contribution is 7.88. The summed E-state index contributed by atoms with van der Waals surface area (Å²) in [5, 5.41) is 6.28. The van der Waals surface area contributed by atoms with E-state index in [2.05, 4.69) is 22.9 Å². The van der Waals surface area contributed by atoms with Crippen molar-refractivity contribution in [3.05, 3.63) is 70.9 Å². The first kappa shape index (κ1) is 23.7. The van der Waals surface area contributed by atoms with Gasteiger partial charge in [-0.05, 0) is 93.1 Å². The first-order valence-electron chi connectivity index (χ1n) is 11.6.